The van der Waals surface area contributed by atoms with Crippen molar-refractivity contribution in [2.24, 2.45) is 15.9 Å². The predicted molar refractivity (Wildman–Crippen MR) is 96.1 cm³/mol. The van der Waals surface area contributed by atoms with Crippen LogP contribution in [0.1, 0.15) is 31.9 Å². The van der Waals surface area contributed by atoms with E-state index in [4.69, 9.17) is 0 Å². The topological polar surface area (TPSA) is 24.7 Å². The van der Waals surface area contributed by atoms with Crippen molar-refractivity contribution in [2.45, 2.75) is 27.3 Å². The van der Waals surface area contributed by atoms with E-state index in [1.807, 2.05) is 49.5 Å². The quantitative estimate of drug-likeness (QED) is 0.666. The van der Waals surface area contributed by atoms with Gasteiger partial charge in [0.1, 0.15) is 0 Å². The van der Waals surface area contributed by atoms with Crippen LogP contribution in [-0.2, 0) is 6.54 Å². The van der Waals surface area contributed by atoms with Gasteiger partial charge in [-0.15, -0.1) is 0 Å². The van der Waals surface area contributed by atoms with Gasteiger partial charge in [-0.3, -0.25) is 4.99 Å². The summed E-state index contributed by atoms with van der Waals surface area (Å²) < 4.78 is 0. The van der Waals surface area contributed by atoms with Crippen molar-refractivity contribution in [1.82, 2.24) is 0 Å². The van der Waals surface area contributed by atoms with Crippen molar-refractivity contribution in [3.05, 3.63) is 65.7 Å². The first-order valence-electron chi connectivity index (χ1n) is 7.60. The molecule has 0 saturated heterocycles. The Hall–Kier alpha value is -2.44. The molecule has 2 aromatic carbocycles. The average Bonchev–Trinajstić information content (AvgIpc) is 2.54. The largest absolute Gasteiger partial charge is 0.292 e. The molecule has 0 aliphatic heterocycles. The summed E-state index contributed by atoms with van der Waals surface area (Å²) >= 11 is 0. The normalized spacial score (nSPS) is 10.7. The molecule has 0 saturated carbocycles. The zero-order valence-corrected chi connectivity index (χ0v) is 13.5. The maximum absolute atomic E-state index is 4.52. The van der Waals surface area contributed by atoms with E-state index in [1.165, 1.54) is 0 Å². The highest BCUT2D eigenvalue weighted by Crippen LogP contribution is 2.19. The molecule has 2 rings (SSSR count). The molecule has 0 atom stereocenters. The third-order valence-electron chi connectivity index (χ3n) is 3.21. The highest BCUT2D eigenvalue weighted by atomic mass is 14.7. The Kier molecular flexibility index (Phi) is 5.88. The van der Waals surface area contributed by atoms with Gasteiger partial charge in [-0.1, -0.05) is 62.4 Å². The molecule has 112 valence electrons. The average molecular weight is 290 g/mol. The molecule has 22 heavy (non-hydrogen) atoms. The molecule has 2 nitrogen and oxygen atoms in total. The van der Waals surface area contributed by atoms with Crippen molar-refractivity contribution in [1.29, 1.82) is 0 Å². The summed E-state index contributed by atoms with van der Waals surface area (Å²) in [5, 5.41) is 0. The zero-order valence-electron chi connectivity index (χ0n) is 13.5. The van der Waals surface area contributed by atoms with Gasteiger partial charge in [0.05, 0.1) is 12.2 Å². The number of rotatable bonds is 5. The second-order valence-electron chi connectivity index (χ2n) is 5.58. The van der Waals surface area contributed by atoms with E-state index in [1.54, 1.807) is 0 Å². The number of aliphatic imine (C=N–C) groups is 2. The minimum absolute atomic E-state index is 0.468. The standard InChI is InChI=1S/C20H22N2/c1-16(2)13-21-15-19-11-7-8-12-20(19)22-14-17(3)18-9-5-4-6-10-18/h4-13,16H,15H2,1-3H3. The Bertz CT molecular complexity index is 691. The van der Waals surface area contributed by atoms with Crippen molar-refractivity contribution in [3.63, 3.8) is 0 Å². The summed E-state index contributed by atoms with van der Waals surface area (Å²) in [7, 11) is 0. The molecule has 0 amide bonds. The number of hydrogen-bond donors (Lipinski definition) is 0. The van der Waals surface area contributed by atoms with Crippen LogP contribution in [-0.4, -0.2) is 12.1 Å². The van der Waals surface area contributed by atoms with Gasteiger partial charge >= 0.3 is 0 Å². The van der Waals surface area contributed by atoms with Crippen LogP contribution >= 0.6 is 0 Å². The third kappa shape index (κ3) is 4.83. The first-order valence-corrected chi connectivity index (χ1v) is 7.60. The fourth-order valence-corrected chi connectivity index (χ4v) is 2.01. The number of hydrogen-bond acceptors (Lipinski definition) is 2. The van der Waals surface area contributed by atoms with Crippen LogP contribution in [0.4, 0.5) is 5.69 Å². The maximum Gasteiger partial charge on any atom is 0.0780 e. The van der Waals surface area contributed by atoms with Gasteiger partial charge in [0.2, 0.25) is 0 Å². The van der Waals surface area contributed by atoms with E-state index in [0.717, 1.165) is 22.4 Å². The lowest BCUT2D eigenvalue weighted by Gasteiger charge is -2.02. The lowest BCUT2D eigenvalue weighted by molar-refractivity contribution is 0.892. The highest BCUT2D eigenvalue weighted by Gasteiger charge is 1.99. The molecule has 0 bridgehead atoms. The highest BCUT2D eigenvalue weighted by molar-refractivity contribution is 5.89. The second-order valence-corrected chi connectivity index (χ2v) is 5.58. The van der Waals surface area contributed by atoms with E-state index in [9.17, 15) is 0 Å². The van der Waals surface area contributed by atoms with E-state index in [2.05, 4.69) is 47.9 Å². The SMILES string of the molecule is CC(=C=Nc1ccccc1CN=CC(C)C)c1ccccc1. The first-order chi connectivity index (χ1) is 10.7. The molecule has 0 aromatic heterocycles. The number of benzene rings is 2. The molecule has 0 aliphatic rings. The van der Waals surface area contributed by atoms with Crippen molar-refractivity contribution in [2.75, 3.05) is 0 Å². The maximum atomic E-state index is 4.52. The summed E-state index contributed by atoms with van der Waals surface area (Å²) in [6.45, 7) is 6.93. The minimum Gasteiger partial charge on any atom is -0.292 e. The van der Waals surface area contributed by atoms with Crippen LogP contribution in [0.15, 0.2) is 64.6 Å². The van der Waals surface area contributed by atoms with Crippen LogP contribution in [0.5, 0.6) is 0 Å². The van der Waals surface area contributed by atoms with Crippen LogP contribution < -0.4 is 0 Å². The summed E-state index contributed by atoms with van der Waals surface area (Å²) in [4.78, 5) is 8.99. The summed E-state index contributed by atoms with van der Waals surface area (Å²) in [5.74, 6) is 3.61. The summed E-state index contributed by atoms with van der Waals surface area (Å²) in [6, 6.07) is 18.3. The first kappa shape index (κ1) is 15.9. The Balaban J connectivity index is 2.24. The van der Waals surface area contributed by atoms with Gasteiger partial charge < -0.3 is 0 Å². The predicted octanol–water partition coefficient (Wildman–Crippen LogP) is 5.32. The van der Waals surface area contributed by atoms with Crippen molar-refractivity contribution in [3.8, 4) is 0 Å². The van der Waals surface area contributed by atoms with E-state index < -0.39 is 0 Å². The smallest absolute Gasteiger partial charge is 0.0780 e. The Morgan fingerprint density at radius 3 is 2.45 bits per heavy atom. The lowest BCUT2D eigenvalue weighted by Crippen LogP contribution is -1.89. The van der Waals surface area contributed by atoms with E-state index in [0.29, 0.717) is 12.5 Å². The number of allylic oxidation sites excluding steroid dienone is 1. The van der Waals surface area contributed by atoms with Crippen LogP contribution in [0.3, 0.4) is 0 Å². The van der Waals surface area contributed by atoms with Gasteiger partial charge in [-0.2, -0.15) is 0 Å². The van der Waals surface area contributed by atoms with Gasteiger partial charge in [0.15, 0.2) is 0 Å². The summed E-state index contributed by atoms with van der Waals surface area (Å²) in [6.07, 6.45) is 1.98. The zero-order chi connectivity index (χ0) is 15.8. The fraction of sp³-hybridized carbons (Fsp3) is 0.250. The lowest BCUT2D eigenvalue weighted by atomic mass is 10.1. The Morgan fingerprint density at radius 2 is 1.73 bits per heavy atom. The third-order valence-corrected chi connectivity index (χ3v) is 3.21. The van der Waals surface area contributed by atoms with Gasteiger partial charge in [0, 0.05) is 11.8 Å². The van der Waals surface area contributed by atoms with Gasteiger partial charge in [-0.25, -0.2) is 4.99 Å². The second kappa shape index (κ2) is 8.11. The molecule has 0 heterocycles. The molecule has 2 heteroatoms. The van der Waals surface area contributed by atoms with E-state index in [-0.39, 0.29) is 0 Å². The molecular weight excluding hydrogens is 268 g/mol. The fourth-order valence-electron chi connectivity index (χ4n) is 2.01. The van der Waals surface area contributed by atoms with Gasteiger partial charge in [-0.05, 0) is 35.9 Å². The van der Waals surface area contributed by atoms with Crippen LogP contribution in [0.2, 0.25) is 0 Å². The molecule has 0 aliphatic carbocycles. The number of para-hydroxylation sites is 1. The monoisotopic (exact) mass is 290 g/mol. The molecule has 2 aromatic rings. The van der Waals surface area contributed by atoms with Gasteiger partial charge in [0.25, 0.3) is 0 Å². The summed E-state index contributed by atoms with van der Waals surface area (Å²) in [5.41, 5.74) is 4.22. The minimum atomic E-state index is 0.468. The molecular formula is C20H22N2. The molecule has 0 unspecified atom stereocenters. The van der Waals surface area contributed by atoms with Crippen molar-refractivity contribution < 1.29 is 0 Å². The van der Waals surface area contributed by atoms with Crippen LogP contribution in [0, 0.1) is 5.92 Å². The Morgan fingerprint density at radius 1 is 1.05 bits per heavy atom. The van der Waals surface area contributed by atoms with E-state index >= 15 is 0 Å². The Labute approximate surface area is 133 Å². The molecule has 0 spiro atoms. The molecule has 0 N–H and O–H groups in total. The van der Waals surface area contributed by atoms with Crippen LogP contribution in [0.25, 0.3) is 5.57 Å². The molecule has 0 fully saturated rings. The number of nitrogens with zero attached hydrogens (tertiary/aromatic N) is 2. The molecule has 0 radical (unpaired) electrons. The van der Waals surface area contributed by atoms with Crippen molar-refractivity contribution >= 4 is 23.3 Å².